The predicted molar refractivity (Wildman–Crippen MR) is 87.0 cm³/mol. The second kappa shape index (κ2) is 7.25. The van der Waals surface area contributed by atoms with Gasteiger partial charge in [-0.2, -0.15) is 0 Å². The summed E-state index contributed by atoms with van der Waals surface area (Å²) in [5, 5.41) is 3.04. The lowest BCUT2D eigenvalue weighted by molar-refractivity contribution is -0.119. The zero-order chi connectivity index (χ0) is 14.5. The second-order valence-electron chi connectivity index (χ2n) is 5.46. The molecule has 0 aliphatic carbocycles. The quantitative estimate of drug-likeness (QED) is 0.829. The topological polar surface area (TPSA) is 29.1 Å². The van der Waals surface area contributed by atoms with E-state index in [1.807, 2.05) is 6.92 Å². The zero-order valence-electron chi connectivity index (χ0n) is 12.3. The molecule has 2 nitrogen and oxygen atoms in total. The first-order valence-corrected chi connectivity index (χ1v) is 8.60. The number of carbonyl (C=O) groups excluding carboxylic acids is 1. The van der Waals surface area contributed by atoms with E-state index in [4.69, 9.17) is 0 Å². The zero-order valence-corrected chi connectivity index (χ0v) is 14.0. The molecule has 19 heavy (non-hydrogen) atoms. The van der Waals surface area contributed by atoms with E-state index in [2.05, 4.69) is 56.6 Å². The number of thioether (sulfide) groups is 2. The molecule has 0 spiro atoms. The Labute approximate surface area is 125 Å². The van der Waals surface area contributed by atoms with Gasteiger partial charge in [-0.3, -0.25) is 4.79 Å². The first-order valence-electron chi connectivity index (χ1n) is 6.39. The van der Waals surface area contributed by atoms with Crippen molar-refractivity contribution in [3.63, 3.8) is 0 Å². The maximum atomic E-state index is 11.9. The van der Waals surface area contributed by atoms with Crippen LogP contribution in [0.25, 0.3) is 0 Å². The first kappa shape index (κ1) is 16.4. The third kappa shape index (κ3) is 6.39. The molecule has 106 valence electrons. The fraction of sp³-hybridized carbons (Fsp3) is 0.533. The summed E-state index contributed by atoms with van der Waals surface area (Å²) >= 11 is 3.39. The van der Waals surface area contributed by atoms with Crippen molar-refractivity contribution in [1.29, 1.82) is 0 Å². The van der Waals surface area contributed by atoms with E-state index < -0.39 is 0 Å². The summed E-state index contributed by atoms with van der Waals surface area (Å²) in [6.07, 6.45) is 2.06. The van der Waals surface area contributed by atoms with Crippen molar-refractivity contribution >= 4 is 29.4 Å². The Morgan fingerprint density at radius 3 is 2.32 bits per heavy atom. The number of rotatable bonds is 5. The van der Waals surface area contributed by atoms with Gasteiger partial charge in [0.2, 0.25) is 5.91 Å². The maximum absolute atomic E-state index is 11.9. The van der Waals surface area contributed by atoms with Crippen molar-refractivity contribution in [2.45, 2.75) is 43.4 Å². The van der Waals surface area contributed by atoms with Gasteiger partial charge in [-0.05, 0) is 30.9 Å². The van der Waals surface area contributed by atoms with Crippen LogP contribution in [-0.4, -0.2) is 22.7 Å². The molecule has 1 rings (SSSR count). The van der Waals surface area contributed by atoms with Crippen LogP contribution in [-0.2, 0) is 4.79 Å². The van der Waals surface area contributed by atoms with Gasteiger partial charge < -0.3 is 5.32 Å². The van der Waals surface area contributed by atoms with Crippen LogP contribution in [0, 0.1) is 0 Å². The molecule has 0 saturated carbocycles. The molecule has 1 aromatic rings. The van der Waals surface area contributed by atoms with Crippen LogP contribution in [0.4, 0.5) is 0 Å². The molecular formula is C15H23NOS2. The number of carbonyl (C=O) groups is 1. The van der Waals surface area contributed by atoms with E-state index in [0.29, 0.717) is 5.75 Å². The van der Waals surface area contributed by atoms with Crippen molar-refractivity contribution in [3.8, 4) is 0 Å². The van der Waals surface area contributed by atoms with Gasteiger partial charge in [-0.1, -0.05) is 32.9 Å². The van der Waals surface area contributed by atoms with E-state index in [1.165, 1.54) is 4.90 Å². The molecule has 1 N–H and O–H groups in total. The SMILES string of the molecule is CSc1ccc([C@H](C)NC(=O)CSC(C)(C)C)cc1. The summed E-state index contributed by atoms with van der Waals surface area (Å²) in [4.78, 5) is 13.1. The van der Waals surface area contributed by atoms with Gasteiger partial charge in [0.05, 0.1) is 11.8 Å². The van der Waals surface area contributed by atoms with Gasteiger partial charge in [0.1, 0.15) is 0 Å². The summed E-state index contributed by atoms with van der Waals surface area (Å²) < 4.78 is 0.126. The Balaban J connectivity index is 2.49. The molecule has 0 heterocycles. The van der Waals surface area contributed by atoms with Crippen LogP contribution in [0.1, 0.15) is 39.3 Å². The molecule has 1 aromatic carbocycles. The molecule has 0 fully saturated rings. The van der Waals surface area contributed by atoms with Crippen LogP contribution in [0.3, 0.4) is 0 Å². The molecule has 1 atom stereocenters. The van der Waals surface area contributed by atoms with Gasteiger partial charge >= 0.3 is 0 Å². The minimum Gasteiger partial charge on any atom is -0.349 e. The van der Waals surface area contributed by atoms with Crippen molar-refractivity contribution < 1.29 is 4.79 Å². The van der Waals surface area contributed by atoms with Gasteiger partial charge in [0.15, 0.2) is 0 Å². The fourth-order valence-electron chi connectivity index (χ4n) is 1.54. The Morgan fingerprint density at radius 2 is 1.84 bits per heavy atom. The average Bonchev–Trinajstić information content (AvgIpc) is 2.35. The second-order valence-corrected chi connectivity index (χ2v) is 8.15. The molecule has 4 heteroatoms. The highest BCUT2D eigenvalue weighted by molar-refractivity contribution is 8.01. The van der Waals surface area contributed by atoms with Crippen molar-refractivity contribution in [2.75, 3.05) is 12.0 Å². The van der Waals surface area contributed by atoms with Crippen LogP contribution in [0.5, 0.6) is 0 Å². The largest absolute Gasteiger partial charge is 0.349 e. The van der Waals surface area contributed by atoms with Crippen LogP contribution in [0.2, 0.25) is 0 Å². The molecule has 0 radical (unpaired) electrons. The summed E-state index contributed by atoms with van der Waals surface area (Å²) in [5.74, 6) is 0.609. The standard InChI is InChI=1S/C15H23NOS2/c1-11(12-6-8-13(18-5)9-7-12)16-14(17)10-19-15(2,3)4/h6-9,11H,10H2,1-5H3,(H,16,17)/t11-/m0/s1. The van der Waals surface area contributed by atoms with E-state index >= 15 is 0 Å². The van der Waals surface area contributed by atoms with E-state index in [9.17, 15) is 4.79 Å². The van der Waals surface area contributed by atoms with E-state index in [-0.39, 0.29) is 16.7 Å². The lowest BCUT2D eigenvalue weighted by Gasteiger charge is -2.19. The highest BCUT2D eigenvalue weighted by atomic mass is 32.2. The Bertz CT molecular complexity index is 409. The molecule has 1 amide bonds. The Kier molecular flexibility index (Phi) is 6.27. The molecular weight excluding hydrogens is 274 g/mol. The van der Waals surface area contributed by atoms with Crippen LogP contribution < -0.4 is 5.32 Å². The molecule has 0 unspecified atom stereocenters. The van der Waals surface area contributed by atoms with Crippen LogP contribution >= 0.6 is 23.5 Å². The number of benzene rings is 1. The number of hydrogen-bond acceptors (Lipinski definition) is 3. The molecule has 0 saturated heterocycles. The van der Waals surface area contributed by atoms with E-state index in [1.54, 1.807) is 23.5 Å². The summed E-state index contributed by atoms with van der Waals surface area (Å²) in [5.41, 5.74) is 1.15. The molecule has 0 aliphatic rings. The van der Waals surface area contributed by atoms with Crippen molar-refractivity contribution in [2.24, 2.45) is 0 Å². The first-order chi connectivity index (χ1) is 8.81. The van der Waals surface area contributed by atoms with Gasteiger partial charge in [-0.15, -0.1) is 23.5 Å². The van der Waals surface area contributed by atoms with Gasteiger partial charge in [0, 0.05) is 9.64 Å². The summed E-state index contributed by atoms with van der Waals surface area (Å²) in [6, 6.07) is 8.39. The van der Waals surface area contributed by atoms with E-state index in [0.717, 1.165) is 5.56 Å². The van der Waals surface area contributed by atoms with Crippen LogP contribution in [0.15, 0.2) is 29.2 Å². The molecule has 0 bridgehead atoms. The monoisotopic (exact) mass is 297 g/mol. The van der Waals surface area contributed by atoms with Crippen molar-refractivity contribution in [1.82, 2.24) is 5.32 Å². The lowest BCUT2D eigenvalue weighted by atomic mass is 10.1. The Hall–Kier alpha value is -0.610. The molecule has 0 aliphatic heterocycles. The highest BCUT2D eigenvalue weighted by Crippen LogP contribution is 2.23. The summed E-state index contributed by atoms with van der Waals surface area (Å²) in [6.45, 7) is 8.38. The Morgan fingerprint density at radius 1 is 1.26 bits per heavy atom. The summed E-state index contributed by atoms with van der Waals surface area (Å²) in [7, 11) is 0. The number of amides is 1. The maximum Gasteiger partial charge on any atom is 0.230 e. The fourth-order valence-corrected chi connectivity index (χ4v) is 2.60. The number of nitrogens with one attached hydrogen (secondary N) is 1. The van der Waals surface area contributed by atoms with Gasteiger partial charge in [-0.25, -0.2) is 0 Å². The highest BCUT2D eigenvalue weighted by Gasteiger charge is 2.15. The third-order valence-electron chi connectivity index (χ3n) is 2.63. The molecule has 0 aromatic heterocycles. The minimum absolute atomic E-state index is 0.0592. The minimum atomic E-state index is 0.0592. The predicted octanol–water partition coefficient (Wildman–Crippen LogP) is 4.12. The average molecular weight is 297 g/mol. The lowest BCUT2D eigenvalue weighted by Crippen LogP contribution is -2.29. The van der Waals surface area contributed by atoms with Gasteiger partial charge in [0.25, 0.3) is 0 Å². The third-order valence-corrected chi connectivity index (χ3v) is 4.65. The smallest absolute Gasteiger partial charge is 0.230 e. The normalized spacial score (nSPS) is 13.1. The van der Waals surface area contributed by atoms with Crippen molar-refractivity contribution in [3.05, 3.63) is 29.8 Å². The number of hydrogen-bond donors (Lipinski definition) is 1.